The van der Waals surface area contributed by atoms with E-state index in [4.69, 9.17) is 9.47 Å². The van der Waals surface area contributed by atoms with E-state index in [-0.39, 0.29) is 11.8 Å². The maximum Gasteiger partial charge on any atom is 0.338 e. The number of nitro benzene ring substituents is 1. The summed E-state index contributed by atoms with van der Waals surface area (Å²) in [6.45, 7) is 8.47. The fourth-order valence-corrected chi connectivity index (χ4v) is 3.74. The molecule has 0 spiro atoms. The maximum absolute atomic E-state index is 12.3. The molecule has 0 amide bonds. The SMILES string of the molecule is C[C@@]12O[C@]1(C#C[Si](C)(C)C)CC[C@H]2OC(=O)c1ccc([N+](=O)[O-])cc1. The van der Waals surface area contributed by atoms with E-state index in [0.29, 0.717) is 12.0 Å². The molecule has 0 unspecified atom stereocenters. The average molecular weight is 359 g/mol. The van der Waals surface area contributed by atoms with E-state index in [9.17, 15) is 14.9 Å². The van der Waals surface area contributed by atoms with Gasteiger partial charge < -0.3 is 9.47 Å². The molecule has 0 bridgehead atoms. The summed E-state index contributed by atoms with van der Waals surface area (Å²) in [6.07, 6.45) is 1.10. The number of benzene rings is 1. The number of rotatable bonds is 3. The van der Waals surface area contributed by atoms with Crippen molar-refractivity contribution in [2.24, 2.45) is 0 Å². The third-order valence-electron chi connectivity index (χ3n) is 4.72. The molecule has 1 aromatic carbocycles. The van der Waals surface area contributed by atoms with Crippen LogP contribution in [0.4, 0.5) is 5.69 Å². The number of hydrogen-bond donors (Lipinski definition) is 0. The van der Waals surface area contributed by atoms with Crippen molar-refractivity contribution in [1.82, 2.24) is 0 Å². The molecular formula is C18H21NO5Si. The van der Waals surface area contributed by atoms with Crippen LogP contribution in [0, 0.1) is 21.6 Å². The molecule has 1 saturated carbocycles. The zero-order valence-electron chi connectivity index (χ0n) is 14.8. The van der Waals surface area contributed by atoms with Gasteiger partial charge in [0.1, 0.15) is 19.8 Å². The van der Waals surface area contributed by atoms with Crippen LogP contribution in [-0.4, -0.2) is 36.3 Å². The Balaban J connectivity index is 1.69. The van der Waals surface area contributed by atoms with Gasteiger partial charge in [-0.15, -0.1) is 5.54 Å². The van der Waals surface area contributed by atoms with Crippen molar-refractivity contribution in [3.63, 3.8) is 0 Å². The number of hydrogen-bond acceptors (Lipinski definition) is 5. The van der Waals surface area contributed by atoms with Gasteiger partial charge in [0.15, 0.2) is 5.60 Å². The Labute approximate surface area is 147 Å². The van der Waals surface area contributed by atoms with Gasteiger partial charge in [-0.2, -0.15) is 0 Å². The quantitative estimate of drug-likeness (QED) is 0.206. The van der Waals surface area contributed by atoms with Gasteiger partial charge >= 0.3 is 5.97 Å². The third kappa shape index (κ3) is 3.19. The monoisotopic (exact) mass is 359 g/mol. The molecule has 3 rings (SSSR count). The molecule has 7 heteroatoms. The van der Waals surface area contributed by atoms with Crippen LogP contribution in [0.5, 0.6) is 0 Å². The largest absolute Gasteiger partial charge is 0.456 e. The predicted octanol–water partition coefficient (Wildman–Crippen LogP) is 3.32. The number of ether oxygens (including phenoxy) is 2. The first-order valence-electron chi connectivity index (χ1n) is 8.26. The highest BCUT2D eigenvalue weighted by Crippen LogP contribution is 2.60. The molecule has 132 valence electrons. The molecule has 25 heavy (non-hydrogen) atoms. The molecule has 1 aliphatic carbocycles. The zero-order valence-corrected chi connectivity index (χ0v) is 15.8. The number of fused-ring (bicyclic) bond motifs is 1. The first kappa shape index (κ1) is 17.6. The van der Waals surface area contributed by atoms with Gasteiger partial charge in [0, 0.05) is 12.1 Å². The van der Waals surface area contributed by atoms with E-state index in [0.717, 1.165) is 6.42 Å². The number of nitro groups is 1. The third-order valence-corrected chi connectivity index (χ3v) is 5.60. The standard InChI is InChI=1S/C18H21NO5Si/c1-17-15(9-10-18(17,24-17)11-12-25(2,3)4)23-16(20)13-5-7-14(8-6-13)19(21)22/h5-8,15H,9-10H2,1-4H3/t15-,17+,18+/m1/s1. The van der Waals surface area contributed by atoms with Crippen LogP contribution < -0.4 is 0 Å². The van der Waals surface area contributed by atoms with Gasteiger partial charge in [0.25, 0.3) is 5.69 Å². The molecule has 6 nitrogen and oxygen atoms in total. The predicted molar refractivity (Wildman–Crippen MR) is 94.9 cm³/mol. The van der Waals surface area contributed by atoms with E-state index < -0.39 is 30.2 Å². The smallest absolute Gasteiger partial charge is 0.338 e. The first-order chi connectivity index (χ1) is 11.6. The van der Waals surface area contributed by atoms with Crippen LogP contribution in [-0.2, 0) is 9.47 Å². The van der Waals surface area contributed by atoms with Crippen molar-refractivity contribution < 1.29 is 19.2 Å². The normalized spacial score (nSPS) is 30.0. The summed E-state index contributed by atoms with van der Waals surface area (Å²) in [6, 6.07) is 5.40. The second-order valence-electron chi connectivity index (χ2n) is 7.77. The van der Waals surface area contributed by atoms with E-state index >= 15 is 0 Å². The Kier molecular flexibility index (Phi) is 4.01. The minimum absolute atomic E-state index is 0.0597. The molecule has 1 heterocycles. The summed E-state index contributed by atoms with van der Waals surface area (Å²) in [4.78, 5) is 22.5. The summed E-state index contributed by atoms with van der Waals surface area (Å²) < 4.78 is 11.5. The van der Waals surface area contributed by atoms with E-state index in [1.807, 2.05) is 6.92 Å². The Hall–Kier alpha value is -2.17. The Morgan fingerprint density at radius 3 is 2.52 bits per heavy atom. The number of non-ortho nitro benzene ring substituents is 1. The van der Waals surface area contributed by atoms with Gasteiger partial charge in [-0.3, -0.25) is 10.1 Å². The fraction of sp³-hybridized carbons (Fsp3) is 0.500. The highest BCUT2D eigenvalue weighted by Gasteiger charge is 2.75. The summed E-state index contributed by atoms with van der Waals surface area (Å²) in [7, 11) is -1.50. The van der Waals surface area contributed by atoms with Crippen LogP contribution in [0.15, 0.2) is 24.3 Å². The molecule has 1 saturated heterocycles. The highest BCUT2D eigenvalue weighted by atomic mass is 28.3. The van der Waals surface area contributed by atoms with Gasteiger partial charge in [-0.1, -0.05) is 25.6 Å². The molecule has 2 fully saturated rings. The van der Waals surface area contributed by atoms with E-state index in [1.165, 1.54) is 24.3 Å². The number of carbonyl (C=O) groups is 1. The van der Waals surface area contributed by atoms with Crippen molar-refractivity contribution in [2.45, 2.75) is 56.7 Å². The van der Waals surface area contributed by atoms with Crippen molar-refractivity contribution >= 4 is 19.7 Å². The molecule has 1 aliphatic heterocycles. The van der Waals surface area contributed by atoms with Crippen LogP contribution in [0.25, 0.3) is 0 Å². The average Bonchev–Trinajstić information content (AvgIpc) is 3.06. The second-order valence-corrected chi connectivity index (χ2v) is 12.5. The van der Waals surface area contributed by atoms with Crippen molar-refractivity contribution in [3.8, 4) is 11.5 Å². The van der Waals surface area contributed by atoms with Crippen molar-refractivity contribution in [1.29, 1.82) is 0 Å². The molecular weight excluding hydrogens is 338 g/mol. The maximum atomic E-state index is 12.3. The van der Waals surface area contributed by atoms with Gasteiger partial charge in [0.2, 0.25) is 0 Å². The first-order valence-corrected chi connectivity index (χ1v) is 11.8. The zero-order chi connectivity index (χ0) is 18.5. The topological polar surface area (TPSA) is 82.0 Å². The minimum Gasteiger partial charge on any atom is -0.456 e. The van der Waals surface area contributed by atoms with Gasteiger partial charge in [-0.25, -0.2) is 4.79 Å². The van der Waals surface area contributed by atoms with E-state index in [2.05, 4.69) is 31.1 Å². The Bertz CT molecular complexity index is 784. The molecule has 0 aromatic heterocycles. The number of esters is 1. The van der Waals surface area contributed by atoms with Gasteiger partial charge in [-0.05, 0) is 31.9 Å². The van der Waals surface area contributed by atoms with Gasteiger partial charge in [0.05, 0.1) is 10.5 Å². The summed E-state index contributed by atoms with van der Waals surface area (Å²) in [5, 5.41) is 10.7. The summed E-state index contributed by atoms with van der Waals surface area (Å²) in [5.41, 5.74) is 2.53. The Morgan fingerprint density at radius 1 is 1.36 bits per heavy atom. The summed E-state index contributed by atoms with van der Waals surface area (Å²) in [5.74, 6) is 2.80. The second kappa shape index (κ2) is 5.68. The molecule has 0 N–H and O–H groups in total. The number of epoxide rings is 1. The lowest BCUT2D eigenvalue weighted by Crippen LogP contribution is -2.31. The van der Waals surface area contributed by atoms with Crippen LogP contribution in [0.3, 0.4) is 0 Å². The molecule has 1 aromatic rings. The summed E-state index contributed by atoms with van der Waals surface area (Å²) >= 11 is 0. The van der Waals surface area contributed by atoms with E-state index in [1.54, 1.807) is 0 Å². The molecule has 2 aliphatic rings. The Morgan fingerprint density at radius 2 is 2.00 bits per heavy atom. The fourth-order valence-electron chi connectivity index (χ4n) is 3.16. The van der Waals surface area contributed by atoms with Crippen molar-refractivity contribution in [3.05, 3.63) is 39.9 Å². The van der Waals surface area contributed by atoms with Crippen LogP contribution in [0.1, 0.15) is 30.1 Å². The lowest BCUT2D eigenvalue weighted by molar-refractivity contribution is -0.384. The number of nitrogens with zero attached hydrogens (tertiary/aromatic N) is 1. The lowest BCUT2D eigenvalue weighted by Gasteiger charge is -2.17. The molecule has 0 radical (unpaired) electrons. The minimum atomic E-state index is -1.50. The lowest BCUT2D eigenvalue weighted by atomic mass is 9.98. The molecule has 3 atom stereocenters. The van der Waals surface area contributed by atoms with Crippen LogP contribution in [0.2, 0.25) is 19.6 Å². The van der Waals surface area contributed by atoms with Crippen LogP contribution >= 0.6 is 0 Å². The number of carbonyl (C=O) groups excluding carboxylic acids is 1. The van der Waals surface area contributed by atoms with Crippen molar-refractivity contribution in [2.75, 3.05) is 0 Å². The highest BCUT2D eigenvalue weighted by molar-refractivity contribution is 6.83.